The number of phenolic OH excluding ortho intramolecular Hbond substituents is 1. The van der Waals surface area contributed by atoms with Crippen LogP contribution < -0.4 is 24.4 Å². The minimum Gasteiger partial charge on any atom is -0.507 e. The molecule has 0 amide bonds. The van der Waals surface area contributed by atoms with E-state index in [2.05, 4.69) is 20.9 Å². The molecule has 1 aliphatic heterocycles. The van der Waals surface area contributed by atoms with Crippen LogP contribution in [-0.2, 0) is 9.53 Å². The van der Waals surface area contributed by atoms with Gasteiger partial charge in [-0.15, -0.1) is 0 Å². The predicted octanol–water partition coefficient (Wildman–Crippen LogP) is 3.28. The zero-order valence-electron chi connectivity index (χ0n) is 19.5. The number of nitrogens with zero attached hydrogens (tertiary/aromatic N) is 2. The number of hydrogen-bond acceptors (Lipinski definition) is 8. The third-order valence-corrected chi connectivity index (χ3v) is 7.13. The topological polar surface area (TPSA) is 99.4 Å². The Labute approximate surface area is 213 Å². The number of methoxy groups -OCH3 is 2. The second kappa shape index (κ2) is 10.1. The summed E-state index contributed by atoms with van der Waals surface area (Å²) in [5, 5.41) is 9.78. The van der Waals surface area contributed by atoms with Gasteiger partial charge in [0, 0.05) is 0 Å². The quantitative estimate of drug-likeness (QED) is 0.466. The summed E-state index contributed by atoms with van der Waals surface area (Å²) in [7, 11) is 3.06. The van der Waals surface area contributed by atoms with Gasteiger partial charge < -0.3 is 19.3 Å². The molecule has 1 aliphatic rings. The standard InChI is InChI=1S/C25H23BrN2O6S/c1-5-34-24(31)21-13(2)27-25-28(22(21)15-7-9-18(32-3)19(12-15)33-4)23(30)20(35-25)11-14-6-8-17(29)16(26)10-14/h6-12,22,29H,5H2,1-4H3/b20-11-. The van der Waals surface area contributed by atoms with Crippen molar-refractivity contribution in [2.24, 2.45) is 4.99 Å². The fourth-order valence-electron chi connectivity index (χ4n) is 3.89. The molecule has 10 heteroatoms. The Balaban J connectivity index is 1.97. The Hall–Kier alpha value is -3.37. The van der Waals surface area contributed by atoms with Crippen molar-refractivity contribution in [1.82, 2.24) is 4.57 Å². The average Bonchev–Trinajstić information content (AvgIpc) is 3.14. The van der Waals surface area contributed by atoms with Crippen LogP contribution in [0.5, 0.6) is 17.2 Å². The molecule has 0 fully saturated rings. The van der Waals surface area contributed by atoms with Crippen molar-refractivity contribution < 1.29 is 24.1 Å². The van der Waals surface area contributed by atoms with Gasteiger partial charge in [0.1, 0.15) is 5.75 Å². The summed E-state index contributed by atoms with van der Waals surface area (Å²) in [5.74, 6) is 0.566. The van der Waals surface area contributed by atoms with E-state index in [4.69, 9.17) is 14.2 Å². The number of benzene rings is 2. The fourth-order valence-corrected chi connectivity index (χ4v) is 5.34. The zero-order valence-corrected chi connectivity index (χ0v) is 21.9. The Bertz CT molecular complexity index is 1520. The molecule has 0 aliphatic carbocycles. The van der Waals surface area contributed by atoms with Crippen LogP contribution >= 0.6 is 27.3 Å². The van der Waals surface area contributed by atoms with E-state index in [1.807, 2.05) is 0 Å². The third-order valence-electron chi connectivity index (χ3n) is 5.51. The van der Waals surface area contributed by atoms with Crippen molar-refractivity contribution in [2.75, 3.05) is 20.8 Å². The third kappa shape index (κ3) is 4.63. The maximum Gasteiger partial charge on any atom is 0.338 e. The maximum atomic E-state index is 13.7. The van der Waals surface area contributed by atoms with Gasteiger partial charge in [-0.25, -0.2) is 9.79 Å². The summed E-state index contributed by atoms with van der Waals surface area (Å²) in [6, 6.07) is 9.47. The number of rotatable bonds is 6. The van der Waals surface area contributed by atoms with Crippen molar-refractivity contribution >= 4 is 39.3 Å². The lowest BCUT2D eigenvalue weighted by molar-refractivity contribution is -0.139. The molecular formula is C25H23BrN2O6S. The first-order valence-electron chi connectivity index (χ1n) is 10.7. The number of ether oxygens (including phenoxy) is 3. The molecule has 1 unspecified atom stereocenters. The predicted molar refractivity (Wildman–Crippen MR) is 136 cm³/mol. The largest absolute Gasteiger partial charge is 0.507 e. The molecular weight excluding hydrogens is 536 g/mol. The van der Waals surface area contributed by atoms with Gasteiger partial charge >= 0.3 is 5.97 Å². The van der Waals surface area contributed by atoms with Crippen LogP contribution in [0.15, 0.2) is 61.9 Å². The number of carbonyl (C=O) groups excluding carboxylic acids is 1. The van der Waals surface area contributed by atoms with Crippen LogP contribution in [-0.4, -0.2) is 36.5 Å². The van der Waals surface area contributed by atoms with Gasteiger partial charge in [0.25, 0.3) is 5.56 Å². The monoisotopic (exact) mass is 558 g/mol. The fraction of sp³-hybridized carbons (Fsp3) is 0.240. The SMILES string of the molecule is CCOC(=O)C1=C(C)N=c2s/c(=C\c3ccc(O)c(Br)c3)c(=O)n2C1c1ccc(OC)c(OC)c1. The molecule has 4 rings (SSSR count). The van der Waals surface area contributed by atoms with Crippen LogP contribution in [0.3, 0.4) is 0 Å². The summed E-state index contributed by atoms with van der Waals surface area (Å²) in [4.78, 5) is 31.7. The van der Waals surface area contributed by atoms with E-state index in [1.165, 1.54) is 30.1 Å². The van der Waals surface area contributed by atoms with Gasteiger partial charge in [0.05, 0.1) is 47.1 Å². The minimum atomic E-state index is -0.765. The summed E-state index contributed by atoms with van der Waals surface area (Å²) < 4.78 is 18.6. The normalized spacial score (nSPS) is 15.5. The number of aromatic hydroxyl groups is 1. The van der Waals surface area contributed by atoms with E-state index in [9.17, 15) is 14.7 Å². The number of carbonyl (C=O) groups is 1. The summed E-state index contributed by atoms with van der Waals surface area (Å²) in [5.41, 5.74) is 1.84. The Kier molecular flexibility index (Phi) is 7.13. The number of aromatic nitrogens is 1. The number of hydrogen-bond donors (Lipinski definition) is 1. The lowest BCUT2D eigenvalue weighted by Gasteiger charge is -2.25. The van der Waals surface area contributed by atoms with Crippen LogP contribution in [0, 0.1) is 0 Å². The molecule has 3 aromatic rings. The second-order valence-corrected chi connectivity index (χ2v) is 9.49. The second-order valence-electron chi connectivity index (χ2n) is 7.63. The van der Waals surface area contributed by atoms with Crippen LogP contribution in [0.2, 0.25) is 0 Å². The Morgan fingerprint density at radius 3 is 2.60 bits per heavy atom. The molecule has 1 aromatic heterocycles. The molecule has 0 saturated heterocycles. The molecule has 2 aromatic carbocycles. The molecule has 0 radical (unpaired) electrons. The highest BCUT2D eigenvalue weighted by Crippen LogP contribution is 2.36. The lowest BCUT2D eigenvalue weighted by atomic mass is 9.95. The molecule has 0 bridgehead atoms. The molecule has 2 heterocycles. The zero-order chi connectivity index (χ0) is 25.3. The smallest absolute Gasteiger partial charge is 0.338 e. The molecule has 8 nitrogen and oxygen atoms in total. The molecule has 1 N–H and O–H groups in total. The maximum absolute atomic E-state index is 13.7. The highest BCUT2D eigenvalue weighted by Gasteiger charge is 2.33. The Morgan fingerprint density at radius 2 is 1.94 bits per heavy atom. The van der Waals surface area contributed by atoms with E-state index in [0.717, 1.165) is 5.56 Å². The number of allylic oxidation sites excluding steroid dienone is 1. The van der Waals surface area contributed by atoms with Crippen LogP contribution in [0.4, 0.5) is 0 Å². The number of esters is 1. The van der Waals surface area contributed by atoms with Crippen molar-refractivity contribution in [1.29, 1.82) is 0 Å². The number of fused-ring (bicyclic) bond motifs is 1. The molecule has 35 heavy (non-hydrogen) atoms. The highest BCUT2D eigenvalue weighted by atomic mass is 79.9. The highest BCUT2D eigenvalue weighted by molar-refractivity contribution is 9.10. The van der Waals surface area contributed by atoms with E-state index in [1.54, 1.807) is 56.3 Å². The van der Waals surface area contributed by atoms with Gasteiger partial charge in [-0.05, 0) is 71.2 Å². The van der Waals surface area contributed by atoms with Gasteiger partial charge in [-0.1, -0.05) is 23.5 Å². The van der Waals surface area contributed by atoms with E-state index in [-0.39, 0.29) is 23.5 Å². The van der Waals surface area contributed by atoms with Crippen LogP contribution in [0.1, 0.15) is 31.0 Å². The lowest BCUT2D eigenvalue weighted by Crippen LogP contribution is -2.39. The molecule has 0 spiro atoms. The van der Waals surface area contributed by atoms with Crippen molar-refractivity contribution in [3.05, 3.63) is 83.0 Å². The van der Waals surface area contributed by atoms with E-state index < -0.39 is 12.0 Å². The number of thiazole rings is 1. The van der Waals surface area contributed by atoms with Gasteiger partial charge in [-0.3, -0.25) is 9.36 Å². The summed E-state index contributed by atoms with van der Waals surface area (Å²) in [6.07, 6.45) is 1.73. The van der Waals surface area contributed by atoms with Gasteiger partial charge in [0.15, 0.2) is 16.3 Å². The first-order chi connectivity index (χ1) is 16.8. The van der Waals surface area contributed by atoms with Crippen LogP contribution in [0.25, 0.3) is 6.08 Å². The van der Waals surface area contributed by atoms with Crippen molar-refractivity contribution in [2.45, 2.75) is 19.9 Å². The van der Waals surface area contributed by atoms with E-state index in [0.29, 0.717) is 36.6 Å². The Morgan fingerprint density at radius 1 is 1.20 bits per heavy atom. The number of phenols is 1. The molecule has 182 valence electrons. The number of halogens is 1. The minimum absolute atomic E-state index is 0.103. The average molecular weight is 559 g/mol. The van der Waals surface area contributed by atoms with Gasteiger partial charge in [0.2, 0.25) is 0 Å². The molecule has 0 saturated carbocycles. The summed E-state index contributed by atoms with van der Waals surface area (Å²) in [6.45, 7) is 3.65. The first kappa shape index (κ1) is 24.7. The van der Waals surface area contributed by atoms with E-state index >= 15 is 0 Å². The summed E-state index contributed by atoms with van der Waals surface area (Å²) >= 11 is 4.52. The first-order valence-corrected chi connectivity index (χ1v) is 12.3. The van der Waals surface area contributed by atoms with Crippen molar-refractivity contribution in [3.63, 3.8) is 0 Å². The van der Waals surface area contributed by atoms with Gasteiger partial charge in [-0.2, -0.15) is 0 Å². The molecule has 1 atom stereocenters. The van der Waals surface area contributed by atoms with Crippen molar-refractivity contribution in [3.8, 4) is 17.2 Å².